The number of benzene rings is 1. The van der Waals surface area contributed by atoms with Crippen LogP contribution in [0.1, 0.15) is 46.3 Å². The highest BCUT2D eigenvalue weighted by atomic mass is 32.1. The van der Waals surface area contributed by atoms with Gasteiger partial charge in [0, 0.05) is 5.69 Å². The minimum Gasteiger partial charge on any atom is -0.465 e. The average molecular weight is 413 g/mol. The predicted molar refractivity (Wildman–Crippen MR) is 114 cm³/mol. The number of methoxy groups -OCH3 is 1. The normalized spacial score (nSPS) is 12.0. The number of carbonyl (C=O) groups excluding carboxylic acids is 2. The summed E-state index contributed by atoms with van der Waals surface area (Å²) in [5.41, 5.74) is 2.92. The molecule has 152 valence electrons. The first-order valence-corrected chi connectivity index (χ1v) is 10.1. The molecule has 8 heteroatoms. The number of anilines is 1. The second-order valence-corrected chi connectivity index (χ2v) is 7.81. The summed E-state index contributed by atoms with van der Waals surface area (Å²) in [6.45, 7) is 7.29. The molecule has 0 aliphatic rings. The van der Waals surface area contributed by atoms with Crippen molar-refractivity contribution in [2.45, 2.75) is 40.2 Å². The van der Waals surface area contributed by atoms with Crippen molar-refractivity contribution in [1.29, 1.82) is 0 Å². The van der Waals surface area contributed by atoms with Gasteiger partial charge in [0.2, 0.25) is 5.91 Å². The SMILES string of the molecule is CCc1cccc(C)c1NC(=O)C(C)n1cnc2sc(C(=O)OC)c(C)c2c1=O. The fraction of sp³-hybridized carbons (Fsp3) is 0.333. The first-order valence-electron chi connectivity index (χ1n) is 9.28. The highest BCUT2D eigenvalue weighted by molar-refractivity contribution is 7.20. The lowest BCUT2D eigenvalue weighted by atomic mass is 10.1. The number of ether oxygens (including phenoxy) is 1. The summed E-state index contributed by atoms with van der Waals surface area (Å²) < 4.78 is 6.07. The Balaban J connectivity index is 1.99. The van der Waals surface area contributed by atoms with E-state index in [2.05, 4.69) is 10.3 Å². The maximum absolute atomic E-state index is 13.1. The monoisotopic (exact) mass is 413 g/mol. The van der Waals surface area contributed by atoms with Crippen LogP contribution in [0.3, 0.4) is 0 Å². The molecule has 1 N–H and O–H groups in total. The molecular formula is C21H23N3O4S. The van der Waals surface area contributed by atoms with Crippen LogP contribution in [0.25, 0.3) is 10.2 Å². The van der Waals surface area contributed by atoms with E-state index in [9.17, 15) is 14.4 Å². The van der Waals surface area contributed by atoms with Gasteiger partial charge in [-0.1, -0.05) is 25.1 Å². The van der Waals surface area contributed by atoms with Crippen LogP contribution in [0.2, 0.25) is 0 Å². The maximum Gasteiger partial charge on any atom is 0.348 e. The maximum atomic E-state index is 13.1. The van der Waals surface area contributed by atoms with E-state index in [1.54, 1.807) is 13.8 Å². The van der Waals surface area contributed by atoms with Crippen LogP contribution in [0.5, 0.6) is 0 Å². The number of thiophene rings is 1. The van der Waals surface area contributed by atoms with E-state index < -0.39 is 12.0 Å². The van der Waals surface area contributed by atoms with Gasteiger partial charge in [0.25, 0.3) is 5.56 Å². The molecule has 3 aromatic rings. The third-order valence-corrected chi connectivity index (χ3v) is 6.21. The van der Waals surface area contributed by atoms with Crippen LogP contribution in [-0.2, 0) is 16.0 Å². The molecule has 2 heterocycles. The van der Waals surface area contributed by atoms with Gasteiger partial charge in [-0.2, -0.15) is 0 Å². The van der Waals surface area contributed by atoms with E-state index in [1.807, 2.05) is 32.0 Å². The molecule has 7 nitrogen and oxygen atoms in total. The van der Waals surface area contributed by atoms with Gasteiger partial charge in [-0.3, -0.25) is 14.2 Å². The number of carbonyl (C=O) groups is 2. The Kier molecular flexibility index (Phi) is 5.83. The summed E-state index contributed by atoms with van der Waals surface area (Å²) in [7, 11) is 1.29. The minimum atomic E-state index is -0.774. The summed E-state index contributed by atoms with van der Waals surface area (Å²) in [5.74, 6) is -0.813. The highest BCUT2D eigenvalue weighted by Crippen LogP contribution is 2.28. The molecular weight excluding hydrogens is 390 g/mol. The van der Waals surface area contributed by atoms with Crippen molar-refractivity contribution in [2.24, 2.45) is 0 Å². The molecule has 0 aliphatic heterocycles. The first kappa shape index (κ1) is 20.7. The number of aromatic nitrogens is 2. The summed E-state index contributed by atoms with van der Waals surface area (Å²) in [6.07, 6.45) is 2.13. The molecule has 0 saturated carbocycles. The van der Waals surface area contributed by atoms with Crippen LogP contribution in [0, 0.1) is 13.8 Å². The number of esters is 1. The lowest BCUT2D eigenvalue weighted by Crippen LogP contribution is -2.32. The van der Waals surface area contributed by atoms with Gasteiger partial charge >= 0.3 is 5.97 Å². The second kappa shape index (κ2) is 8.16. The van der Waals surface area contributed by atoms with Crippen molar-refractivity contribution < 1.29 is 14.3 Å². The van der Waals surface area contributed by atoms with Crippen LogP contribution in [-0.4, -0.2) is 28.5 Å². The van der Waals surface area contributed by atoms with Gasteiger partial charge in [0.1, 0.15) is 15.7 Å². The van der Waals surface area contributed by atoms with E-state index in [-0.39, 0.29) is 11.5 Å². The largest absolute Gasteiger partial charge is 0.465 e. The minimum absolute atomic E-state index is 0.307. The van der Waals surface area contributed by atoms with Crippen molar-refractivity contribution in [3.63, 3.8) is 0 Å². The fourth-order valence-electron chi connectivity index (χ4n) is 3.26. The van der Waals surface area contributed by atoms with Gasteiger partial charge in [0.05, 0.1) is 18.8 Å². The molecule has 2 aromatic heterocycles. The molecule has 29 heavy (non-hydrogen) atoms. The zero-order chi connectivity index (χ0) is 21.3. The summed E-state index contributed by atoms with van der Waals surface area (Å²) >= 11 is 1.11. The summed E-state index contributed by atoms with van der Waals surface area (Å²) in [4.78, 5) is 43.0. The molecule has 0 fully saturated rings. The zero-order valence-corrected chi connectivity index (χ0v) is 17.8. The van der Waals surface area contributed by atoms with Crippen LogP contribution < -0.4 is 10.9 Å². The number of fused-ring (bicyclic) bond motifs is 1. The number of hydrogen-bond acceptors (Lipinski definition) is 6. The van der Waals surface area contributed by atoms with Crippen LogP contribution in [0.4, 0.5) is 5.69 Å². The van der Waals surface area contributed by atoms with E-state index in [0.717, 1.165) is 34.6 Å². The first-order chi connectivity index (χ1) is 13.8. The van der Waals surface area contributed by atoms with E-state index in [4.69, 9.17) is 4.74 Å². The van der Waals surface area contributed by atoms with Gasteiger partial charge in [-0.15, -0.1) is 11.3 Å². The van der Waals surface area contributed by atoms with Gasteiger partial charge in [-0.25, -0.2) is 9.78 Å². The van der Waals surface area contributed by atoms with E-state index in [0.29, 0.717) is 20.7 Å². The van der Waals surface area contributed by atoms with Gasteiger partial charge < -0.3 is 10.1 Å². The number of nitrogens with zero attached hydrogens (tertiary/aromatic N) is 2. The number of rotatable bonds is 5. The molecule has 1 amide bonds. The number of nitrogens with one attached hydrogen (secondary N) is 1. The smallest absolute Gasteiger partial charge is 0.348 e. The molecule has 3 rings (SSSR count). The lowest BCUT2D eigenvalue weighted by Gasteiger charge is -2.18. The molecule has 1 aromatic carbocycles. The third-order valence-electron chi connectivity index (χ3n) is 5.03. The fourth-order valence-corrected chi connectivity index (χ4v) is 4.31. The zero-order valence-electron chi connectivity index (χ0n) is 17.0. The van der Waals surface area contributed by atoms with Crippen molar-refractivity contribution in [3.05, 3.63) is 56.4 Å². The van der Waals surface area contributed by atoms with Crippen molar-refractivity contribution in [2.75, 3.05) is 12.4 Å². The molecule has 1 atom stereocenters. The average Bonchev–Trinajstić information content (AvgIpc) is 3.05. The third kappa shape index (κ3) is 3.67. The van der Waals surface area contributed by atoms with Crippen molar-refractivity contribution in [1.82, 2.24) is 9.55 Å². The van der Waals surface area contributed by atoms with Crippen LogP contribution >= 0.6 is 11.3 Å². The molecule has 1 unspecified atom stereocenters. The Morgan fingerprint density at radius 1 is 1.31 bits per heavy atom. The number of para-hydroxylation sites is 1. The Bertz CT molecular complexity index is 1160. The summed E-state index contributed by atoms with van der Waals surface area (Å²) in [6, 6.07) is 5.08. The Labute approximate surface area is 172 Å². The quantitative estimate of drug-likeness (QED) is 0.645. The van der Waals surface area contributed by atoms with Gasteiger partial charge in [-0.05, 0) is 43.9 Å². The molecule has 0 aliphatic carbocycles. The predicted octanol–water partition coefficient (Wildman–Crippen LogP) is 3.62. The summed E-state index contributed by atoms with van der Waals surface area (Å²) in [5, 5.41) is 3.29. The van der Waals surface area contributed by atoms with E-state index >= 15 is 0 Å². The molecule has 0 saturated heterocycles. The number of amides is 1. The number of aryl methyl sites for hydroxylation is 3. The van der Waals surface area contributed by atoms with Gasteiger partial charge in [0.15, 0.2) is 0 Å². The molecule has 0 bridgehead atoms. The topological polar surface area (TPSA) is 90.3 Å². The number of hydrogen-bond donors (Lipinski definition) is 1. The highest BCUT2D eigenvalue weighted by Gasteiger charge is 2.23. The lowest BCUT2D eigenvalue weighted by molar-refractivity contribution is -0.118. The standard InChI is InChI=1S/C21H23N3O4S/c1-6-14-9-7-8-11(2)16(14)23-18(25)13(4)24-10-22-19-15(20(24)26)12(3)17(29-19)21(27)28-5/h7-10,13H,6H2,1-5H3,(H,23,25). The molecule has 0 radical (unpaired) electrons. The Hall–Kier alpha value is -3.00. The van der Waals surface area contributed by atoms with Crippen molar-refractivity contribution >= 4 is 39.1 Å². The van der Waals surface area contributed by atoms with Crippen molar-refractivity contribution in [3.8, 4) is 0 Å². The Morgan fingerprint density at radius 3 is 2.69 bits per heavy atom. The van der Waals surface area contributed by atoms with E-state index in [1.165, 1.54) is 18.0 Å². The Morgan fingerprint density at radius 2 is 2.03 bits per heavy atom. The second-order valence-electron chi connectivity index (χ2n) is 6.81. The molecule has 0 spiro atoms. The van der Waals surface area contributed by atoms with Crippen LogP contribution in [0.15, 0.2) is 29.3 Å².